The Hall–Kier alpha value is -1.39. The number of benzene rings is 1. The van der Waals surface area contributed by atoms with Crippen LogP contribution >= 0.6 is 0 Å². The van der Waals surface area contributed by atoms with E-state index in [9.17, 15) is 4.79 Å². The van der Waals surface area contributed by atoms with Crippen molar-refractivity contribution in [1.29, 1.82) is 0 Å². The molecular weight excluding hydrogens is 262 g/mol. The fourth-order valence-corrected chi connectivity index (χ4v) is 2.77. The summed E-state index contributed by atoms with van der Waals surface area (Å²) < 4.78 is 0. The number of hydrogen-bond acceptors (Lipinski definition) is 3. The number of amides is 1. The van der Waals surface area contributed by atoms with Gasteiger partial charge in [-0.1, -0.05) is 18.6 Å². The minimum absolute atomic E-state index is 0.0976. The molecule has 1 aromatic rings. The lowest BCUT2D eigenvalue weighted by atomic mass is 10.1. The monoisotopic (exact) mass is 289 g/mol. The molecule has 2 rings (SSSR count). The van der Waals surface area contributed by atoms with Crippen molar-refractivity contribution < 1.29 is 4.79 Å². The third-order valence-corrected chi connectivity index (χ3v) is 3.90. The van der Waals surface area contributed by atoms with Crippen LogP contribution in [0.15, 0.2) is 24.3 Å². The molecule has 0 radical (unpaired) electrons. The summed E-state index contributed by atoms with van der Waals surface area (Å²) in [5.74, 6) is 0.0976. The largest absolute Gasteiger partial charge is 0.326 e. The van der Waals surface area contributed by atoms with Crippen molar-refractivity contribution in [2.75, 3.05) is 32.0 Å². The van der Waals surface area contributed by atoms with Gasteiger partial charge in [0.25, 0.3) is 0 Å². The second kappa shape index (κ2) is 8.80. The molecule has 1 heterocycles. The third-order valence-electron chi connectivity index (χ3n) is 3.90. The van der Waals surface area contributed by atoms with Gasteiger partial charge in [0.1, 0.15) is 0 Å². The highest BCUT2D eigenvalue weighted by Gasteiger charge is 2.10. The van der Waals surface area contributed by atoms with Gasteiger partial charge in [0.15, 0.2) is 0 Å². The van der Waals surface area contributed by atoms with Crippen LogP contribution in [0.1, 0.15) is 37.7 Å². The van der Waals surface area contributed by atoms with Crippen LogP contribution in [0, 0.1) is 0 Å². The number of nitrogens with zero attached hydrogens (tertiary/aromatic N) is 1. The van der Waals surface area contributed by atoms with Crippen molar-refractivity contribution in [3.63, 3.8) is 0 Å². The summed E-state index contributed by atoms with van der Waals surface area (Å²) >= 11 is 0. The molecule has 4 heteroatoms. The number of carbonyl (C=O) groups excluding carboxylic acids is 1. The van der Waals surface area contributed by atoms with E-state index < -0.39 is 0 Å². The van der Waals surface area contributed by atoms with Gasteiger partial charge in [0.2, 0.25) is 5.91 Å². The first-order chi connectivity index (χ1) is 10.3. The summed E-state index contributed by atoms with van der Waals surface area (Å²) in [7, 11) is 1.90. The van der Waals surface area contributed by atoms with Crippen LogP contribution in [0.2, 0.25) is 0 Å². The van der Waals surface area contributed by atoms with Crippen molar-refractivity contribution in [2.45, 2.75) is 38.6 Å². The lowest BCUT2D eigenvalue weighted by Gasteiger charge is -2.26. The molecule has 2 N–H and O–H groups in total. The number of rotatable bonds is 7. The molecule has 1 saturated heterocycles. The van der Waals surface area contributed by atoms with Gasteiger partial charge in [0.05, 0.1) is 0 Å². The summed E-state index contributed by atoms with van der Waals surface area (Å²) in [6.07, 6.45) is 5.41. The van der Waals surface area contributed by atoms with Crippen molar-refractivity contribution in [3.05, 3.63) is 29.8 Å². The zero-order valence-corrected chi connectivity index (χ0v) is 13.0. The molecule has 1 fully saturated rings. The zero-order chi connectivity index (χ0) is 14.9. The minimum Gasteiger partial charge on any atom is -0.326 e. The van der Waals surface area contributed by atoms with E-state index in [1.807, 2.05) is 19.2 Å². The second-order valence-corrected chi connectivity index (χ2v) is 5.79. The number of piperidine rings is 1. The van der Waals surface area contributed by atoms with Crippen LogP contribution < -0.4 is 10.6 Å². The molecule has 116 valence electrons. The molecule has 0 aromatic heterocycles. The van der Waals surface area contributed by atoms with Gasteiger partial charge in [-0.3, -0.25) is 9.69 Å². The molecule has 0 aliphatic carbocycles. The molecular formula is C17H27N3O. The molecule has 0 spiro atoms. The van der Waals surface area contributed by atoms with Gasteiger partial charge < -0.3 is 10.6 Å². The van der Waals surface area contributed by atoms with Crippen molar-refractivity contribution in [1.82, 2.24) is 10.2 Å². The highest BCUT2D eigenvalue weighted by Crippen LogP contribution is 2.16. The van der Waals surface area contributed by atoms with Gasteiger partial charge in [0, 0.05) is 18.7 Å². The third kappa shape index (κ3) is 5.86. The minimum atomic E-state index is 0.0976. The summed E-state index contributed by atoms with van der Waals surface area (Å²) in [5.41, 5.74) is 2.20. The van der Waals surface area contributed by atoms with E-state index in [4.69, 9.17) is 0 Å². The number of nitrogens with one attached hydrogen (secondary N) is 2. The first-order valence-corrected chi connectivity index (χ1v) is 8.03. The van der Waals surface area contributed by atoms with Crippen LogP contribution in [0.3, 0.4) is 0 Å². The maximum atomic E-state index is 11.8. The quantitative estimate of drug-likeness (QED) is 0.758. The van der Waals surface area contributed by atoms with Gasteiger partial charge >= 0.3 is 0 Å². The number of likely N-dealkylation sites (tertiary alicyclic amines) is 1. The maximum Gasteiger partial charge on any atom is 0.224 e. The molecule has 1 aliphatic heterocycles. The Morgan fingerprint density at radius 3 is 2.81 bits per heavy atom. The van der Waals surface area contributed by atoms with Crippen molar-refractivity contribution in [2.24, 2.45) is 0 Å². The molecule has 1 amide bonds. The van der Waals surface area contributed by atoms with E-state index in [2.05, 4.69) is 27.7 Å². The van der Waals surface area contributed by atoms with Crippen LogP contribution in [0.5, 0.6) is 0 Å². The maximum absolute atomic E-state index is 11.8. The zero-order valence-electron chi connectivity index (χ0n) is 13.0. The summed E-state index contributed by atoms with van der Waals surface area (Å²) in [4.78, 5) is 14.3. The lowest BCUT2D eigenvalue weighted by Crippen LogP contribution is -2.29. The molecule has 21 heavy (non-hydrogen) atoms. The fourth-order valence-electron chi connectivity index (χ4n) is 2.77. The van der Waals surface area contributed by atoms with Gasteiger partial charge in [-0.05, 0) is 63.6 Å². The Balaban J connectivity index is 1.83. The fraction of sp³-hybridized carbons (Fsp3) is 0.588. The van der Waals surface area contributed by atoms with Gasteiger partial charge in [-0.25, -0.2) is 0 Å². The SMILES string of the molecule is CNCCCC(=O)Nc1cccc(CN2CCCCC2)c1. The topological polar surface area (TPSA) is 44.4 Å². The van der Waals surface area contributed by atoms with E-state index in [-0.39, 0.29) is 5.91 Å². The average molecular weight is 289 g/mol. The Labute approximate surface area is 127 Å². The highest BCUT2D eigenvalue weighted by atomic mass is 16.1. The smallest absolute Gasteiger partial charge is 0.224 e. The number of carbonyl (C=O) groups is 1. The number of hydrogen-bond donors (Lipinski definition) is 2. The summed E-state index contributed by atoms with van der Waals surface area (Å²) in [6, 6.07) is 8.24. The second-order valence-electron chi connectivity index (χ2n) is 5.79. The highest BCUT2D eigenvalue weighted by molar-refractivity contribution is 5.90. The molecule has 0 saturated carbocycles. The molecule has 0 atom stereocenters. The van der Waals surface area contributed by atoms with E-state index in [1.54, 1.807) is 0 Å². The first kappa shape index (κ1) is 16.0. The normalized spacial score (nSPS) is 15.9. The molecule has 1 aliphatic rings. The Bertz CT molecular complexity index is 441. The average Bonchev–Trinajstić information content (AvgIpc) is 2.49. The Kier molecular flexibility index (Phi) is 6.70. The van der Waals surface area contributed by atoms with E-state index in [0.29, 0.717) is 6.42 Å². The molecule has 1 aromatic carbocycles. The first-order valence-electron chi connectivity index (χ1n) is 8.03. The van der Waals surface area contributed by atoms with Crippen LogP contribution in [0.25, 0.3) is 0 Å². The van der Waals surface area contributed by atoms with Gasteiger partial charge in [-0.15, -0.1) is 0 Å². The van der Waals surface area contributed by atoms with Crippen molar-refractivity contribution in [3.8, 4) is 0 Å². The summed E-state index contributed by atoms with van der Waals surface area (Å²) in [5, 5.41) is 6.05. The van der Waals surface area contributed by atoms with E-state index in [1.165, 1.54) is 37.9 Å². The van der Waals surface area contributed by atoms with E-state index >= 15 is 0 Å². The predicted octanol–water partition coefficient (Wildman–Crippen LogP) is 2.61. The predicted molar refractivity (Wildman–Crippen MR) is 87.4 cm³/mol. The Morgan fingerprint density at radius 2 is 2.05 bits per heavy atom. The Morgan fingerprint density at radius 1 is 1.24 bits per heavy atom. The van der Waals surface area contributed by atoms with E-state index in [0.717, 1.165) is 25.2 Å². The van der Waals surface area contributed by atoms with Gasteiger partial charge in [-0.2, -0.15) is 0 Å². The lowest BCUT2D eigenvalue weighted by molar-refractivity contribution is -0.116. The standard InChI is InChI=1S/C17H27N3O/c1-18-10-6-9-17(21)19-16-8-5-7-15(13-16)14-20-11-3-2-4-12-20/h5,7-8,13,18H,2-4,6,9-12,14H2,1H3,(H,19,21). The van der Waals surface area contributed by atoms with Crippen LogP contribution in [-0.2, 0) is 11.3 Å². The molecule has 0 bridgehead atoms. The number of anilines is 1. The van der Waals surface area contributed by atoms with Crippen molar-refractivity contribution >= 4 is 11.6 Å². The molecule has 0 unspecified atom stereocenters. The summed E-state index contributed by atoms with van der Waals surface area (Å²) in [6.45, 7) is 4.26. The molecule has 4 nitrogen and oxygen atoms in total. The van der Waals surface area contributed by atoms with Crippen LogP contribution in [-0.4, -0.2) is 37.5 Å². The van der Waals surface area contributed by atoms with Crippen LogP contribution in [0.4, 0.5) is 5.69 Å².